The molecule has 1 aromatic heterocycles. The quantitative estimate of drug-likeness (QED) is 0.139. The lowest BCUT2D eigenvalue weighted by Gasteiger charge is -2.19. The molecule has 0 radical (unpaired) electrons. The zero-order valence-electron chi connectivity index (χ0n) is 23.0. The lowest BCUT2D eigenvalue weighted by Crippen LogP contribution is -2.44. The van der Waals surface area contributed by atoms with Crippen LogP contribution in [-0.2, 0) is 27.4 Å². The second kappa shape index (κ2) is 15.3. The van der Waals surface area contributed by atoms with Gasteiger partial charge in [-0.25, -0.2) is 4.79 Å². The largest absolute Gasteiger partial charge is 0.481 e. The van der Waals surface area contributed by atoms with E-state index in [0.717, 1.165) is 21.2 Å². The Morgan fingerprint density at radius 1 is 0.881 bits per heavy atom. The van der Waals surface area contributed by atoms with Gasteiger partial charge in [-0.1, -0.05) is 66.7 Å². The lowest BCUT2D eigenvalue weighted by atomic mass is 10.0. The summed E-state index contributed by atoms with van der Waals surface area (Å²) < 4.78 is 6.21. The molecule has 10 heteroatoms. The van der Waals surface area contributed by atoms with Gasteiger partial charge in [0.05, 0.1) is 4.88 Å². The van der Waals surface area contributed by atoms with Crippen molar-refractivity contribution in [3.05, 3.63) is 101 Å². The van der Waals surface area contributed by atoms with E-state index in [-0.39, 0.29) is 31.9 Å². The third-order valence-corrected chi connectivity index (χ3v) is 7.65. The summed E-state index contributed by atoms with van der Waals surface area (Å²) in [6, 6.07) is 25.1. The molecule has 0 fully saturated rings. The van der Waals surface area contributed by atoms with Crippen molar-refractivity contribution in [2.24, 2.45) is 0 Å². The van der Waals surface area contributed by atoms with Crippen molar-refractivity contribution in [1.82, 2.24) is 10.6 Å². The van der Waals surface area contributed by atoms with E-state index in [9.17, 15) is 19.2 Å². The summed E-state index contributed by atoms with van der Waals surface area (Å²) in [6.07, 6.45) is 1.05. The Bertz CT molecular complexity index is 1490. The van der Waals surface area contributed by atoms with Crippen LogP contribution in [0.2, 0.25) is 0 Å². The fraction of sp³-hybridized carbons (Fsp3) is 0.250. The van der Waals surface area contributed by atoms with Gasteiger partial charge in [-0.3, -0.25) is 14.4 Å². The molecule has 0 aliphatic carbocycles. The number of aliphatic carboxylic acids is 1. The van der Waals surface area contributed by atoms with Crippen LogP contribution in [0.1, 0.15) is 46.5 Å². The molecular weight excluding hydrogens is 554 g/mol. The fourth-order valence-corrected chi connectivity index (χ4v) is 5.34. The maximum absolute atomic E-state index is 13.4. The number of alkyl carbamates (subject to hydrolysis) is 1. The fourth-order valence-electron chi connectivity index (χ4n) is 4.37. The summed E-state index contributed by atoms with van der Waals surface area (Å²) in [5.74, 6) is -1.64. The number of benzene rings is 3. The lowest BCUT2D eigenvalue weighted by molar-refractivity contribution is -0.137. The number of thiophene rings is 1. The molecule has 1 atom stereocenters. The minimum atomic E-state index is -0.878. The second-order valence-corrected chi connectivity index (χ2v) is 10.8. The highest BCUT2D eigenvalue weighted by molar-refractivity contribution is 7.20. The first-order valence-electron chi connectivity index (χ1n) is 13.7. The van der Waals surface area contributed by atoms with Crippen LogP contribution < -0.4 is 16.0 Å². The third-order valence-electron chi connectivity index (χ3n) is 6.53. The summed E-state index contributed by atoms with van der Waals surface area (Å²) >= 11 is 1.35. The average molecular weight is 588 g/mol. The van der Waals surface area contributed by atoms with Gasteiger partial charge in [-0.2, -0.15) is 0 Å². The zero-order chi connectivity index (χ0) is 29.7. The number of anilines is 1. The number of carboxylic acid groups (broad SMARTS) is 1. The van der Waals surface area contributed by atoms with Crippen LogP contribution in [-0.4, -0.2) is 41.6 Å². The van der Waals surface area contributed by atoms with Crippen LogP contribution in [0.5, 0.6) is 0 Å². The number of carbonyl (C=O) groups excluding carboxylic acids is 3. The summed E-state index contributed by atoms with van der Waals surface area (Å²) in [5.41, 5.74) is 2.25. The Morgan fingerprint density at radius 2 is 1.62 bits per heavy atom. The molecule has 4 rings (SSSR count). The molecule has 0 unspecified atom stereocenters. The van der Waals surface area contributed by atoms with Gasteiger partial charge in [0, 0.05) is 23.4 Å². The van der Waals surface area contributed by atoms with Crippen molar-refractivity contribution in [3.63, 3.8) is 0 Å². The molecule has 218 valence electrons. The highest BCUT2D eigenvalue weighted by Crippen LogP contribution is 2.25. The van der Waals surface area contributed by atoms with Crippen molar-refractivity contribution in [2.45, 2.75) is 44.8 Å². The Labute approximate surface area is 247 Å². The molecule has 3 amide bonds. The van der Waals surface area contributed by atoms with Crippen LogP contribution >= 0.6 is 11.3 Å². The van der Waals surface area contributed by atoms with Gasteiger partial charge < -0.3 is 25.8 Å². The zero-order valence-corrected chi connectivity index (χ0v) is 23.8. The molecule has 42 heavy (non-hydrogen) atoms. The molecule has 4 aromatic rings. The number of para-hydroxylation sites is 1. The standard InChI is InChI=1S/C32H33N3O6S/c36-29(37)18-8-14-23-12-4-6-15-25(23)34-30(38)26(35-31(39)28-20-24-13-5-7-17-27(24)42-28)16-9-19-33-32(40)41-21-22-10-2-1-3-11-22/h1-7,10-13,15,17,20,26H,8-9,14,16,18-19,21H2,(H,33,40)(H,34,38)(H,35,39)(H,36,37)/t26-/m0/s1. The molecule has 0 bridgehead atoms. The van der Waals surface area contributed by atoms with Crippen LogP contribution in [0, 0.1) is 0 Å². The minimum absolute atomic E-state index is 0.0247. The smallest absolute Gasteiger partial charge is 0.407 e. The Hall–Kier alpha value is -4.70. The summed E-state index contributed by atoms with van der Waals surface area (Å²) in [7, 11) is 0. The summed E-state index contributed by atoms with van der Waals surface area (Å²) in [4.78, 5) is 50.2. The van der Waals surface area contributed by atoms with Crippen LogP contribution in [0.15, 0.2) is 84.9 Å². The number of carboxylic acids is 1. The summed E-state index contributed by atoms with van der Waals surface area (Å²) in [6.45, 7) is 0.400. The van der Waals surface area contributed by atoms with E-state index in [1.807, 2.05) is 66.7 Å². The molecule has 0 saturated carbocycles. The van der Waals surface area contributed by atoms with Crippen LogP contribution in [0.3, 0.4) is 0 Å². The van der Waals surface area contributed by atoms with Crippen molar-refractivity contribution in [3.8, 4) is 0 Å². The number of aryl methyl sites for hydroxylation is 1. The van der Waals surface area contributed by atoms with Crippen LogP contribution in [0.25, 0.3) is 10.1 Å². The maximum atomic E-state index is 13.4. The number of fused-ring (bicyclic) bond motifs is 1. The van der Waals surface area contributed by atoms with Gasteiger partial charge in [0.25, 0.3) is 5.91 Å². The van der Waals surface area contributed by atoms with E-state index >= 15 is 0 Å². The number of hydrogen-bond acceptors (Lipinski definition) is 6. The molecule has 0 aliphatic heterocycles. The number of nitrogens with one attached hydrogen (secondary N) is 3. The van der Waals surface area contributed by atoms with E-state index in [2.05, 4.69) is 16.0 Å². The van der Waals surface area contributed by atoms with E-state index in [1.54, 1.807) is 18.2 Å². The van der Waals surface area contributed by atoms with E-state index in [0.29, 0.717) is 29.8 Å². The molecule has 4 N–H and O–H groups in total. The van der Waals surface area contributed by atoms with Gasteiger partial charge in [0.15, 0.2) is 0 Å². The summed E-state index contributed by atoms with van der Waals surface area (Å²) in [5, 5.41) is 18.4. The number of carbonyl (C=O) groups is 4. The Balaban J connectivity index is 1.38. The van der Waals surface area contributed by atoms with Gasteiger partial charge >= 0.3 is 12.1 Å². The predicted molar refractivity (Wildman–Crippen MR) is 163 cm³/mol. The van der Waals surface area contributed by atoms with Gasteiger partial charge in [0.2, 0.25) is 5.91 Å². The highest BCUT2D eigenvalue weighted by Gasteiger charge is 2.23. The Kier molecular flexibility index (Phi) is 11.1. The first-order chi connectivity index (χ1) is 20.4. The monoisotopic (exact) mass is 587 g/mol. The predicted octanol–water partition coefficient (Wildman–Crippen LogP) is 5.75. The van der Waals surface area contributed by atoms with Gasteiger partial charge in [-0.05, 0) is 60.4 Å². The van der Waals surface area contributed by atoms with Crippen molar-refractivity contribution >= 4 is 51.0 Å². The van der Waals surface area contributed by atoms with E-state index < -0.39 is 24.0 Å². The number of hydrogen-bond donors (Lipinski definition) is 4. The van der Waals surface area contributed by atoms with Gasteiger partial charge in [0.1, 0.15) is 12.6 Å². The maximum Gasteiger partial charge on any atom is 0.407 e. The second-order valence-electron chi connectivity index (χ2n) is 9.70. The van der Waals surface area contributed by atoms with Crippen molar-refractivity contribution in [2.75, 3.05) is 11.9 Å². The normalized spacial score (nSPS) is 11.4. The molecule has 9 nitrogen and oxygen atoms in total. The Morgan fingerprint density at radius 3 is 2.40 bits per heavy atom. The molecule has 0 spiro atoms. The number of rotatable bonds is 14. The molecular formula is C32H33N3O6S. The highest BCUT2D eigenvalue weighted by atomic mass is 32.1. The van der Waals surface area contributed by atoms with E-state index in [4.69, 9.17) is 9.84 Å². The molecule has 0 aliphatic rings. The molecule has 1 heterocycles. The molecule has 3 aromatic carbocycles. The first-order valence-corrected chi connectivity index (χ1v) is 14.6. The van der Waals surface area contributed by atoms with E-state index in [1.165, 1.54) is 11.3 Å². The third kappa shape index (κ3) is 9.17. The molecule has 0 saturated heterocycles. The topological polar surface area (TPSA) is 134 Å². The van der Waals surface area contributed by atoms with Crippen LogP contribution in [0.4, 0.5) is 10.5 Å². The van der Waals surface area contributed by atoms with Crippen molar-refractivity contribution in [1.29, 1.82) is 0 Å². The van der Waals surface area contributed by atoms with Crippen molar-refractivity contribution < 1.29 is 29.0 Å². The average Bonchev–Trinajstić information content (AvgIpc) is 3.43. The minimum Gasteiger partial charge on any atom is -0.481 e. The number of amides is 3. The van der Waals surface area contributed by atoms with Gasteiger partial charge in [-0.15, -0.1) is 11.3 Å². The first kappa shape index (κ1) is 30.3. The number of ether oxygens (including phenoxy) is 1. The SMILES string of the molecule is O=C(O)CCCc1ccccc1NC(=O)[C@H](CCCNC(=O)OCc1ccccc1)NC(=O)c1cc2ccccc2s1.